The van der Waals surface area contributed by atoms with Crippen molar-refractivity contribution in [1.82, 2.24) is 0 Å². The van der Waals surface area contributed by atoms with Crippen molar-refractivity contribution < 1.29 is 4.39 Å². The highest BCUT2D eigenvalue weighted by molar-refractivity contribution is 5.46. The Morgan fingerprint density at radius 3 is 2.79 bits per heavy atom. The van der Waals surface area contributed by atoms with Crippen LogP contribution >= 0.6 is 0 Å². The number of anilines is 1. The summed E-state index contributed by atoms with van der Waals surface area (Å²) in [6, 6.07) is 5.90. The average Bonchev–Trinajstić information content (AvgIpc) is 2.60. The zero-order valence-electron chi connectivity index (χ0n) is 12.2. The van der Waals surface area contributed by atoms with Crippen molar-refractivity contribution in [2.45, 2.75) is 64.8 Å². The topological polar surface area (TPSA) is 12.0 Å². The van der Waals surface area contributed by atoms with Crippen molar-refractivity contribution >= 4 is 5.69 Å². The van der Waals surface area contributed by atoms with Gasteiger partial charge in [0.15, 0.2) is 0 Å². The van der Waals surface area contributed by atoms with Gasteiger partial charge in [0.1, 0.15) is 5.82 Å². The van der Waals surface area contributed by atoms with E-state index in [0.29, 0.717) is 6.04 Å². The minimum atomic E-state index is -0.116. The maximum atomic E-state index is 13.3. The lowest BCUT2D eigenvalue weighted by atomic mass is 9.95. The number of aryl methyl sites for hydroxylation is 1. The predicted molar refractivity (Wildman–Crippen MR) is 80.0 cm³/mol. The summed E-state index contributed by atoms with van der Waals surface area (Å²) in [5.74, 6) is 0.807. The first-order valence-corrected chi connectivity index (χ1v) is 7.71. The van der Waals surface area contributed by atoms with Gasteiger partial charge in [-0.3, -0.25) is 0 Å². The molecule has 0 radical (unpaired) electrons. The highest BCUT2D eigenvalue weighted by Gasteiger charge is 2.18. The van der Waals surface area contributed by atoms with Crippen LogP contribution < -0.4 is 5.32 Å². The van der Waals surface area contributed by atoms with Crippen molar-refractivity contribution in [3.63, 3.8) is 0 Å². The molecule has 2 unspecified atom stereocenters. The summed E-state index contributed by atoms with van der Waals surface area (Å²) in [5, 5.41) is 3.58. The first-order chi connectivity index (χ1) is 9.19. The van der Waals surface area contributed by atoms with E-state index in [2.05, 4.69) is 12.2 Å². The fraction of sp³-hybridized carbons (Fsp3) is 0.647. The first kappa shape index (κ1) is 14.4. The summed E-state index contributed by atoms with van der Waals surface area (Å²) in [6.07, 6.45) is 9.22. The Bertz CT molecular complexity index is 402. The summed E-state index contributed by atoms with van der Waals surface area (Å²) in [5.41, 5.74) is 1.79. The largest absolute Gasteiger partial charge is 0.382 e. The van der Waals surface area contributed by atoms with E-state index in [0.717, 1.165) is 17.2 Å². The molecule has 0 aliphatic heterocycles. The van der Waals surface area contributed by atoms with Crippen LogP contribution in [0.1, 0.15) is 57.4 Å². The summed E-state index contributed by atoms with van der Waals surface area (Å²) < 4.78 is 13.3. The van der Waals surface area contributed by atoms with E-state index in [-0.39, 0.29) is 5.82 Å². The quantitative estimate of drug-likeness (QED) is 0.727. The Hall–Kier alpha value is -1.05. The number of hydrogen-bond acceptors (Lipinski definition) is 1. The fourth-order valence-electron chi connectivity index (χ4n) is 3.19. The van der Waals surface area contributed by atoms with Gasteiger partial charge in [-0.25, -0.2) is 4.39 Å². The molecule has 2 rings (SSSR count). The molecule has 1 saturated carbocycles. The van der Waals surface area contributed by atoms with Gasteiger partial charge in [0, 0.05) is 11.7 Å². The Morgan fingerprint density at radius 1 is 1.21 bits per heavy atom. The average molecular weight is 263 g/mol. The third-order valence-electron chi connectivity index (χ3n) is 4.31. The molecule has 19 heavy (non-hydrogen) atoms. The van der Waals surface area contributed by atoms with E-state index in [9.17, 15) is 4.39 Å². The lowest BCUT2D eigenvalue weighted by molar-refractivity contribution is 0.422. The maximum absolute atomic E-state index is 13.3. The zero-order chi connectivity index (χ0) is 13.7. The van der Waals surface area contributed by atoms with Gasteiger partial charge < -0.3 is 5.32 Å². The lowest BCUT2D eigenvalue weighted by Crippen LogP contribution is -2.18. The normalized spacial score (nSPS) is 23.9. The second-order valence-corrected chi connectivity index (χ2v) is 5.97. The van der Waals surface area contributed by atoms with Crippen LogP contribution in [-0.4, -0.2) is 6.04 Å². The van der Waals surface area contributed by atoms with Crippen LogP contribution in [0, 0.1) is 18.7 Å². The van der Waals surface area contributed by atoms with Crippen molar-refractivity contribution in [3.05, 3.63) is 29.6 Å². The van der Waals surface area contributed by atoms with Crippen molar-refractivity contribution in [3.8, 4) is 0 Å². The summed E-state index contributed by atoms with van der Waals surface area (Å²) in [7, 11) is 0. The van der Waals surface area contributed by atoms with Crippen LogP contribution in [0.3, 0.4) is 0 Å². The lowest BCUT2D eigenvalue weighted by Gasteiger charge is -2.18. The Balaban J connectivity index is 1.90. The molecule has 1 aliphatic carbocycles. The molecule has 1 N–H and O–H groups in total. The molecule has 1 nitrogen and oxygen atoms in total. The minimum Gasteiger partial charge on any atom is -0.382 e. The minimum absolute atomic E-state index is 0.116. The predicted octanol–water partition coefficient (Wildman–Crippen LogP) is 5.30. The number of nitrogens with one attached hydrogen (secondary N) is 1. The van der Waals surface area contributed by atoms with Gasteiger partial charge in [-0.1, -0.05) is 32.6 Å². The van der Waals surface area contributed by atoms with Crippen LogP contribution in [0.25, 0.3) is 0 Å². The zero-order valence-corrected chi connectivity index (χ0v) is 12.2. The van der Waals surface area contributed by atoms with Gasteiger partial charge in [0.25, 0.3) is 0 Å². The molecular formula is C17H26FN. The van der Waals surface area contributed by atoms with Crippen LogP contribution in [0.5, 0.6) is 0 Å². The van der Waals surface area contributed by atoms with E-state index in [1.807, 2.05) is 19.1 Å². The molecule has 0 amide bonds. The molecule has 1 aromatic carbocycles. The molecule has 1 aromatic rings. The van der Waals surface area contributed by atoms with Crippen molar-refractivity contribution in [2.24, 2.45) is 5.92 Å². The van der Waals surface area contributed by atoms with Gasteiger partial charge in [-0.15, -0.1) is 0 Å². The first-order valence-electron chi connectivity index (χ1n) is 7.71. The Morgan fingerprint density at radius 2 is 2.05 bits per heavy atom. The van der Waals surface area contributed by atoms with Gasteiger partial charge in [0.05, 0.1) is 0 Å². The summed E-state index contributed by atoms with van der Waals surface area (Å²) in [6.45, 7) is 4.10. The molecule has 0 heterocycles. The number of hydrogen-bond donors (Lipinski definition) is 1. The molecule has 0 spiro atoms. The molecular weight excluding hydrogens is 237 g/mol. The molecule has 106 valence electrons. The van der Waals surface area contributed by atoms with E-state index in [4.69, 9.17) is 0 Å². The Labute approximate surface area is 116 Å². The number of rotatable bonds is 4. The maximum Gasteiger partial charge on any atom is 0.126 e. The third-order valence-corrected chi connectivity index (χ3v) is 4.31. The number of halogens is 1. The van der Waals surface area contributed by atoms with Crippen LogP contribution in [-0.2, 0) is 0 Å². The molecule has 2 heteroatoms. The van der Waals surface area contributed by atoms with Crippen LogP contribution in [0.15, 0.2) is 18.2 Å². The van der Waals surface area contributed by atoms with E-state index < -0.39 is 0 Å². The van der Waals surface area contributed by atoms with E-state index in [1.54, 1.807) is 6.07 Å². The second kappa shape index (κ2) is 6.93. The SMILES string of the molecule is CCCC1CCCC(Nc2ccc(F)c(C)c2)CC1. The van der Waals surface area contributed by atoms with E-state index in [1.165, 1.54) is 44.9 Å². The van der Waals surface area contributed by atoms with Crippen LogP contribution in [0.4, 0.5) is 10.1 Å². The second-order valence-electron chi connectivity index (χ2n) is 5.97. The monoisotopic (exact) mass is 263 g/mol. The highest BCUT2D eigenvalue weighted by atomic mass is 19.1. The summed E-state index contributed by atoms with van der Waals surface area (Å²) >= 11 is 0. The third kappa shape index (κ3) is 4.22. The number of benzene rings is 1. The molecule has 0 bridgehead atoms. The molecule has 2 atom stereocenters. The van der Waals surface area contributed by atoms with Gasteiger partial charge in [-0.05, 0) is 55.9 Å². The van der Waals surface area contributed by atoms with Gasteiger partial charge in [0.2, 0.25) is 0 Å². The highest BCUT2D eigenvalue weighted by Crippen LogP contribution is 2.28. The van der Waals surface area contributed by atoms with Crippen molar-refractivity contribution in [1.29, 1.82) is 0 Å². The smallest absolute Gasteiger partial charge is 0.126 e. The fourth-order valence-corrected chi connectivity index (χ4v) is 3.19. The molecule has 0 aromatic heterocycles. The Kier molecular flexibility index (Phi) is 5.24. The van der Waals surface area contributed by atoms with Gasteiger partial charge >= 0.3 is 0 Å². The van der Waals surface area contributed by atoms with Crippen LogP contribution in [0.2, 0.25) is 0 Å². The van der Waals surface area contributed by atoms with Gasteiger partial charge in [-0.2, -0.15) is 0 Å². The molecule has 0 saturated heterocycles. The van der Waals surface area contributed by atoms with E-state index >= 15 is 0 Å². The standard InChI is InChI=1S/C17H26FN/c1-3-5-14-6-4-7-15(9-8-14)19-16-10-11-17(18)13(2)12-16/h10-12,14-15,19H,3-9H2,1-2H3. The molecule has 1 fully saturated rings. The van der Waals surface area contributed by atoms with Crippen molar-refractivity contribution in [2.75, 3.05) is 5.32 Å². The summed E-state index contributed by atoms with van der Waals surface area (Å²) in [4.78, 5) is 0. The molecule has 1 aliphatic rings.